The molecule has 0 aromatic heterocycles. The lowest BCUT2D eigenvalue weighted by atomic mass is 10.00. The van der Waals surface area contributed by atoms with E-state index < -0.39 is 21.8 Å². The lowest BCUT2D eigenvalue weighted by Gasteiger charge is -2.37. The van der Waals surface area contributed by atoms with Crippen molar-refractivity contribution in [3.63, 3.8) is 0 Å². The number of likely N-dealkylation sites (tertiary alicyclic amines) is 1. The predicted molar refractivity (Wildman–Crippen MR) is 108 cm³/mol. The molecule has 0 radical (unpaired) electrons. The Hall–Kier alpha value is -1.65. The van der Waals surface area contributed by atoms with Gasteiger partial charge in [-0.15, -0.1) is 0 Å². The number of hydrogen-bond donors (Lipinski definition) is 1. The Kier molecular flexibility index (Phi) is 7.92. The van der Waals surface area contributed by atoms with Crippen LogP contribution in [0.3, 0.4) is 0 Å². The average Bonchev–Trinajstić information content (AvgIpc) is 2.70. The van der Waals surface area contributed by atoms with E-state index in [1.54, 1.807) is 11.9 Å². The highest BCUT2D eigenvalue weighted by Gasteiger charge is 2.36. The van der Waals surface area contributed by atoms with Gasteiger partial charge < -0.3 is 10.2 Å². The van der Waals surface area contributed by atoms with Crippen LogP contribution < -0.4 is 5.32 Å². The summed E-state index contributed by atoms with van der Waals surface area (Å²) in [7, 11) is -0.953. The Balaban J connectivity index is 2.07. The summed E-state index contributed by atoms with van der Waals surface area (Å²) in [4.78, 5) is 14.1. The molecule has 2 rings (SSSR count). The Morgan fingerprint density at radius 3 is 2.37 bits per heavy atom. The molecule has 0 aliphatic carbocycles. The van der Waals surface area contributed by atoms with E-state index >= 15 is 0 Å². The van der Waals surface area contributed by atoms with Crippen LogP contribution >= 0.6 is 0 Å². The number of nitrogens with zero attached hydrogens (tertiary/aromatic N) is 2. The van der Waals surface area contributed by atoms with Crippen molar-refractivity contribution in [3.05, 3.63) is 29.8 Å². The number of likely N-dealkylation sites (N-methyl/N-ethyl adjacent to an activating group) is 1. The Morgan fingerprint density at radius 2 is 1.87 bits per heavy atom. The monoisotopic (exact) mass is 449 g/mol. The maximum atomic E-state index is 13.0. The number of carbonyl (C=O) groups is 1. The summed E-state index contributed by atoms with van der Waals surface area (Å²) in [5.74, 6) is 0.348. The smallest absolute Gasteiger partial charge is 0.341 e. The number of alkyl halides is 3. The lowest BCUT2D eigenvalue weighted by molar-refractivity contribution is -0.137. The standard InChI is InChI=1S/C20H30F3N3O3S/c1-14(2)12-18(24-3)19(27)26-10-8-16(9-11-26)25(4)30(28,29)17-7-5-6-15(13-17)20(21,22)23/h5-7,13-14,16,18,24H,8-12H2,1-4H3/t18-/m1/s1. The lowest BCUT2D eigenvalue weighted by Crippen LogP contribution is -2.52. The van der Waals surface area contributed by atoms with Gasteiger partial charge in [0.2, 0.25) is 15.9 Å². The normalized spacial score (nSPS) is 17.6. The van der Waals surface area contributed by atoms with Crippen molar-refractivity contribution >= 4 is 15.9 Å². The van der Waals surface area contributed by atoms with Gasteiger partial charge in [-0.2, -0.15) is 17.5 Å². The van der Waals surface area contributed by atoms with E-state index in [9.17, 15) is 26.4 Å². The summed E-state index contributed by atoms with van der Waals surface area (Å²) in [5.41, 5.74) is -0.999. The summed E-state index contributed by atoms with van der Waals surface area (Å²) in [5, 5.41) is 3.04. The number of hydrogen-bond acceptors (Lipinski definition) is 4. The van der Waals surface area contributed by atoms with Crippen molar-refractivity contribution in [2.24, 2.45) is 5.92 Å². The SMILES string of the molecule is CN[C@H](CC(C)C)C(=O)N1CCC(N(C)S(=O)(=O)c2cccc(C(F)(F)F)c2)CC1. The summed E-state index contributed by atoms with van der Waals surface area (Å²) < 4.78 is 65.7. The molecule has 6 nitrogen and oxygen atoms in total. The Labute approximate surface area is 176 Å². The van der Waals surface area contributed by atoms with E-state index in [0.29, 0.717) is 44.3 Å². The van der Waals surface area contributed by atoms with Gasteiger partial charge in [-0.05, 0) is 50.4 Å². The van der Waals surface area contributed by atoms with E-state index in [1.165, 1.54) is 13.1 Å². The molecule has 0 unspecified atom stereocenters. The van der Waals surface area contributed by atoms with Crippen LogP contribution in [0.2, 0.25) is 0 Å². The molecule has 1 aliphatic rings. The fraction of sp³-hybridized carbons (Fsp3) is 0.650. The molecular weight excluding hydrogens is 419 g/mol. The van der Waals surface area contributed by atoms with Gasteiger partial charge in [0.15, 0.2) is 0 Å². The zero-order valence-corrected chi connectivity index (χ0v) is 18.6. The van der Waals surface area contributed by atoms with Gasteiger partial charge in [-0.1, -0.05) is 19.9 Å². The predicted octanol–water partition coefficient (Wildman–Crippen LogP) is 2.95. The first-order valence-electron chi connectivity index (χ1n) is 9.99. The van der Waals surface area contributed by atoms with Crippen LogP contribution in [0, 0.1) is 5.92 Å². The van der Waals surface area contributed by atoms with Crippen LogP contribution in [0.15, 0.2) is 29.2 Å². The summed E-state index contributed by atoms with van der Waals surface area (Å²) in [6.07, 6.45) is -3.05. The fourth-order valence-corrected chi connectivity index (χ4v) is 5.14. The van der Waals surface area contributed by atoms with E-state index in [-0.39, 0.29) is 22.9 Å². The molecule has 1 N–H and O–H groups in total. The number of benzene rings is 1. The van der Waals surface area contributed by atoms with Crippen LogP contribution in [0.5, 0.6) is 0 Å². The van der Waals surface area contributed by atoms with Crippen molar-refractivity contribution in [1.29, 1.82) is 0 Å². The molecule has 1 atom stereocenters. The number of halogens is 3. The summed E-state index contributed by atoms with van der Waals surface area (Å²) in [6, 6.07) is 3.10. The highest BCUT2D eigenvalue weighted by molar-refractivity contribution is 7.89. The summed E-state index contributed by atoms with van der Waals surface area (Å²) in [6.45, 7) is 4.89. The summed E-state index contributed by atoms with van der Waals surface area (Å²) >= 11 is 0. The number of piperidine rings is 1. The molecule has 0 bridgehead atoms. The molecule has 0 saturated carbocycles. The molecule has 30 heavy (non-hydrogen) atoms. The van der Waals surface area contributed by atoms with Crippen molar-refractivity contribution in [2.75, 3.05) is 27.2 Å². The number of amides is 1. The molecule has 1 fully saturated rings. The molecule has 170 valence electrons. The van der Waals surface area contributed by atoms with Crippen LogP contribution in [0.25, 0.3) is 0 Å². The van der Waals surface area contributed by atoms with Crippen LogP contribution in [0.1, 0.15) is 38.7 Å². The molecule has 1 aromatic carbocycles. The molecule has 1 aromatic rings. The highest BCUT2D eigenvalue weighted by atomic mass is 32.2. The van der Waals surface area contributed by atoms with E-state index in [4.69, 9.17) is 0 Å². The largest absolute Gasteiger partial charge is 0.416 e. The number of rotatable bonds is 7. The molecule has 1 heterocycles. The third-order valence-electron chi connectivity index (χ3n) is 5.48. The van der Waals surface area contributed by atoms with Gasteiger partial charge in [0, 0.05) is 26.2 Å². The maximum absolute atomic E-state index is 13.0. The topological polar surface area (TPSA) is 69.7 Å². The third-order valence-corrected chi connectivity index (χ3v) is 7.39. The van der Waals surface area contributed by atoms with E-state index in [1.807, 2.05) is 13.8 Å². The van der Waals surface area contributed by atoms with Crippen LogP contribution in [0.4, 0.5) is 13.2 Å². The second-order valence-corrected chi connectivity index (χ2v) is 10.1. The van der Waals surface area contributed by atoms with Gasteiger partial charge in [-0.25, -0.2) is 8.42 Å². The van der Waals surface area contributed by atoms with Gasteiger partial charge in [0.25, 0.3) is 0 Å². The molecule has 1 aliphatic heterocycles. The zero-order chi connectivity index (χ0) is 22.7. The Morgan fingerprint density at radius 1 is 1.27 bits per heavy atom. The minimum Gasteiger partial charge on any atom is -0.341 e. The van der Waals surface area contributed by atoms with Gasteiger partial charge in [0.05, 0.1) is 16.5 Å². The van der Waals surface area contributed by atoms with Gasteiger partial charge >= 0.3 is 6.18 Å². The van der Waals surface area contributed by atoms with Crippen LogP contribution in [-0.2, 0) is 21.0 Å². The van der Waals surface area contributed by atoms with Gasteiger partial charge in [0.1, 0.15) is 0 Å². The van der Waals surface area contributed by atoms with E-state index in [0.717, 1.165) is 16.4 Å². The van der Waals surface area contributed by atoms with Crippen LogP contribution in [-0.4, -0.2) is 62.8 Å². The molecule has 10 heteroatoms. The number of nitrogens with one attached hydrogen (secondary N) is 1. The molecular formula is C20H30F3N3O3S. The first-order chi connectivity index (χ1) is 13.9. The molecule has 1 amide bonds. The maximum Gasteiger partial charge on any atom is 0.416 e. The van der Waals surface area contributed by atoms with Crippen molar-refractivity contribution in [2.45, 2.75) is 56.3 Å². The van der Waals surface area contributed by atoms with Crippen molar-refractivity contribution in [1.82, 2.24) is 14.5 Å². The van der Waals surface area contributed by atoms with E-state index in [2.05, 4.69) is 5.32 Å². The first kappa shape index (κ1) is 24.6. The quantitative estimate of drug-likeness (QED) is 0.695. The third kappa shape index (κ3) is 5.73. The highest BCUT2D eigenvalue weighted by Crippen LogP contribution is 2.32. The Bertz CT molecular complexity index is 835. The zero-order valence-electron chi connectivity index (χ0n) is 17.7. The molecule has 0 spiro atoms. The fourth-order valence-electron chi connectivity index (χ4n) is 3.68. The minimum atomic E-state index is -4.62. The van der Waals surface area contributed by atoms with Gasteiger partial charge in [-0.3, -0.25) is 4.79 Å². The first-order valence-corrected chi connectivity index (χ1v) is 11.4. The second-order valence-electron chi connectivity index (χ2n) is 8.07. The minimum absolute atomic E-state index is 0.00645. The number of sulfonamides is 1. The number of carbonyl (C=O) groups excluding carboxylic acids is 1. The average molecular weight is 450 g/mol. The second kappa shape index (κ2) is 9.65. The van der Waals surface area contributed by atoms with Crippen molar-refractivity contribution < 1.29 is 26.4 Å². The van der Waals surface area contributed by atoms with Crippen molar-refractivity contribution in [3.8, 4) is 0 Å². The molecule has 1 saturated heterocycles.